The lowest BCUT2D eigenvalue weighted by Crippen LogP contribution is -2.36. The molecule has 0 radical (unpaired) electrons. The number of Topliss-reactive ketones (excluding diaryl/α,β-unsaturated/α-hetero) is 1. The molecule has 6 heteroatoms. The Kier molecular flexibility index (Phi) is 5.65. The van der Waals surface area contributed by atoms with E-state index in [2.05, 4.69) is 34.1 Å². The minimum absolute atomic E-state index is 0.0262. The van der Waals surface area contributed by atoms with Crippen LogP contribution in [0.1, 0.15) is 44.6 Å². The van der Waals surface area contributed by atoms with E-state index >= 15 is 0 Å². The Morgan fingerprint density at radius 1 is 1.15 bits per heavy atom. The van der Waals surface area contributed by atoms with Gasteiger partial charge in [-0.25, -0.2) is 0 Å². The second-order valence-corrected chi connectivity index (χ2v) is 7.11. The van der Waals surface area contributed by atoms with Crippen LogP contribution in [-0.4, -0.2) is 54.9 Å². The Balaban J connectivity index is 1.69. The summed E-state index contributed by atoms with van der Waals surface area (Å²) in [4.78, 5) is 31.7. The average molecular weight is 369 g/mol. The summed E-state index contributed by atoms with van der Waals surface area (Å²) in [5, 5.41) is 0. The van der Waals surface area contributed by atoms with Gasteiger partial charge in [0, 0.05) is 43.6 Å². The molecule has 1 saturated heterocycles. The SMILES string of the molecule is CC(=O)c1c(C)[nH]c(C(=O)N(C)Cc2ccc(N3CCOCC3)cc2)c1C. The van der Waals surface area contributed by atoms with E-state index in [-0.39, 0.29) is 11.7 Å². The smallest absolute Gasteiger partial charge is 0.270 e. The molecule has 2 heterocycles. The minimum Gasteiger partial charge on any atom is -0.378 e. The molecule has 2 aromatic rings. The first-order valence-corrected chi connectivity index (χ1v) is 9.25. The molecule has 1 aliphatic heterocycles. The third-order valence-electron chi connectivity index (χ3n) is 5.08. The lowest BCUT2D eigenvalue weighted by molar-refractivity contribution is 0.0779. The highest BCUT2D eigenvalue weighted by molar-refractivity contribution is 6.02. The largest absolute Gasteiger partial charge is 0.378 e. The van der Waals surface area contributed by atoms with Gasteiger partial charge in [0.25, 0.3) is 5.91 Å². The van der Waals surface area contributed by atoms with E-state index in [4.69, 9.17) is 4.74 Å². The van der Waals surface area contributed by atoms with Crippen molar-refractivity contribution in [1.82, 2.24) is 9.88 Å². The molecule has 1 N–H and O–H groups in total. The fourth-order valence-electron chi connectivity index (χ4n) is 3.66. The van der Waals surface area contributed by atoms with Crippen molar-refractivity contribution >= 4 is 17.4 Å². The van der Waals surface area contributed by atoms with Gasteiger partial charge in [-0.2, -0.15) is 0 Å². The van der Waals surface area contributed by atoms with Gasteiger partial charge in [-0.15, -0.1) is 0 Å². The summed E-state index contributed by atoms with van der Waals surface area (Å²) in [7, 11) is 1.78. The van der Waals surface area contributed by atoms with Crippen LogP contribution in [0.4, 0.5) is 5.69 Å². The first kappa shape index (κ1) is 19.2. The van der Waals surface area contributed by atoms with Crippen molar-refractivity contribution in [3.05, 3.63) is 52.3 Å². The standard InChI is InChI=1S/C21H27N3O3/c1-14-19(16(3)25)15(2)22-20(14)21(26)23(4)13-17-5-7-18(8-6-17)24-9-11-27-12-10-24/h5-8,22H,9-13H2,1-4H3. The third-order valence-corrected chi connectivity index (χ3v) is 5.08. The van der Waals surface area contributed by atoms with Crippen molar-refractivity contribution < 1.29 is 14.3 Å². The predicted octanol–water partition coefficient (Wildman–Crippen LogP) is 2.94. The lowest BCUT2D eigenvalue weighted by atomic mass is 10.1. The molecule has 1 aromatic carbocycles. The summed E-state index contributed by atoms with van der Waals surface area (Å²) >= 11 is 0. The molecule has 1 aliphatic rings. The maximum atomic E-state index is 12.8. The number of hydrogen-bond donors (Lipinski definition) is 1. The van der Waals surface area contributed by atoms with Crippen LogP contribution in [0.3, 0.4) is 0 Å². The van der Waals surface area contributed by atoms with Crippen molar-refractivity contribution in [2.75, 3.05) is 38.3 Å². The Labute approximate surface area is 160 Å². The number of carbonyl (C=O) groups excluding carboxylic acids is 2. The van der Waals surface area contributed by atoms with Crippen molar-refractivity contribution in [3.8, 4) is 0 Å². The molecule has 6 nitrogen and oxygen atoms in total. The number of aromatic amines is 1. The monoisotopic (exact) mass is 369 g/mol. The average Bonchev–Trinajstić information content (AvgIpc) is 2.96. The molecule has 0 bridgehead atoms. The number of carbonyl (C=O) groups is 2. The zero-order valence-corrected chi connectivity index (χ0v) is 16.5. The van der Waals surface area contributed by atoms with Gasteiger partial charge in [-0.05, 0) is 44.0 Å². The summed E-state index contributed by atoms with van der Waals surface area (Å²) in [6.45, 7) is 9.01. The number of nitrogens with zero attached hydrogens (tertiary/aromatic N) is 2. The fourth-order valence-corrected chi connectivity index (χ4v) is 3.66. The maximum absolute atomic E-state index is 12.8. The third kappa shape index (κ3) is 4.06. The van der Waals surface area contributed by atoms with Crippen molar-refractivity contribution in [2.24, 2.45) is 0 Å². The van der Waals surface area contributed by atoms with E-state index in [1.54, 1.807) is 11.9 Å². The summed E-state index contributed by atoms with van der Waals surface area (Å²) in [6, 6.07) is 8.30. The van der Waals surface area contributed by atoms with Crippen molar-refractivity contribution in [3.63, 3.8) is 0 Å². The molecule has 0 unspecified atom stereocenters. The number of hydrogen-bond acceptors (Lipinski definition) is 4. The number of amides is 1. The number of anilines is 1. The quantitative estimate of drug-likeness (QED) is 0.823. The van der Waals surface area contributed by atoms with E-state index in [0.29, 0.717) is 17.8 Å². The number of aromatic nitrogens is 1. The van der Waals surface area contributed by atoms with Crippen LogP contribution in [-0.2, 0) is 11.3 Å². The molecular formula is C21H27N3O3. The minimum atomic E-state index is -0.111. The van der Waals surface area contributed by atoms with Crippen LogP contribution in [0.15, 0.2) is 24.3 Å². The lowest BCUT2D eigenvalue weighted by Gasteiger charge is -2.29. The van der Waals surface area contributed by atoms with Gasteiger partial charge in [0.05, 0.1) is 13.2 Å². The van der Waals surface area contributed by atoms with Crippen LogP contribution in [0.2, 0.25) is 0 Å². The second-order valence-electron chi connectivity index (χ2n) is 7.11. The molecule has 27 heavy (non-hydrogen) atoms. The number of rotatable bonds is 5. The van der Waals surface area contributed by atoms with Gasteiger partial charge in [0.2, 0.25) is 0 Å². The fraction of sp³-hybridized carbons (Fsp3) is 0.429. The summed E-state index contributed by atoms with van der Waals surface area (Å²) in [5.41, 5.74) is 4.81. The van der Waals surface area contributed by atoms with E-state index in [0.717, 1.165) is 43.1 Å². The number of H-pyrrole nitrogens is 1. The Hall–Kier alpha value is -2.60. The van der Waals surface area contributed by atoms with Gasteiger partial charge in [-0.3, -0.25) is 9.59 Å². The molecular weight excluding hydrogens is 342 g/mol. The molecule has 0 atom stereocenters. The predicted molar refractivity (Wildman–Crippen MR) is 106 cm³/mol. The Morgan fingerprint density at radius 2 is 1.78 bits per heavy atom. The molecule has 144 valence electrons. The van der Waals surface area contributed by atoms with Crippen LogP contribution in [0, 0.1) is 13.8 Å². The topological polar surface area (TPSA) is 65.6 Å². The maximum Gasteiger partial charge on any atom is 0.270 e. The Morgan fingerprint density at radius 3 is 2.33 bits per heavy atom. The van der Waals surface area contributed by atoms with E-state index in [1.165, 1.54) is 12.6 Å². The highest BCUT2D eigenvalue weighted by Gasteiger charge is 2.22. The molecule has 0 aliphatic carbocycles. The molecule has 1 aromatic heterocycles. The van der Waals surface area contributed by atoms with Crippen LogP contribution >= 0.6 is 0 Å². The number of morpholine rings is 1. The van der Waals surface area contributed by atoms with Crippen LogP contribution in [0.5, 0.6) is 0 Å². The number of aryl methyl sites for hydroxylation is 1. The Bertz CT molecular complexity index is 833. The van der Waals surface area contributed by atoms with E-state index in [9.17, 15) is 9.59 Å². The first-order chi connectivity index (χ1) is 12.9. The van der Waals surface area contributed by atoms with Crippen LogP contribution in [0.25, 0.3) is 0 Å². The van der Waals surface area contributed by atoms with E-state index < -0.39 is 0 Å². The van der Waals surface area contributed by atoms with Gasteiger partial charge in [0.15, 0.2) is 5.78 Å². The highest BCUT2D eigenvalue weighted by atomic mass is 16.5. The number of ketones is 1. The van der Waals surface area contributed by atoms with Crippen molar-refractivity contribution in [1.29, 1.82) is 0 Å². The molecule has 3 rings (SSSR count). The molecule has 0 saturated carbocycles. The van der Waals surface area contributed by atoms with Gasteiger partial charge >= 0.3 is 0 Å². The van der Waals surface area contributed by atoms with E-state index in [1.807, 2.05) is 13.8 Å². The number of nitrogens with one attached hydrogen (secondary N) is 1. The van der Waals surface area contributed by atoms with Crippen molar-refractivity contribution in [2.45, 2.75) is 27.3 Å². The second kappa shape index (κ2) is 7.96. The zero-order chi connectivity index (χ0) is 19.6. The summed E-state index contributed by atoms with van der Waals surface area (Å²) in [6.07, 6.45) is 0. The number of benzene rings is 1. The first-order valence-electron chi connectivity index (χ1n) is 9.25. The zero-order valence-electron chi connectivity index (χ0n) is 16.5. The molecule has 1 amide bonds. The summed E-state index contributed by atoms with van der Waals surface area (Å²) < 4.78 is 5.39. The molecule has 0 spiro atoms. The van der Waals surface area contributed by atoms with Gasteiger partial charge in [0.1, 0.15) is 5.69 Å². The van der Waals surface area contributed by atoms with Gasteiger partial charge < -0.3 is 19.5 Å². The van der Waals surface area contributed by atoms with Gasteiger partial charge in [-0.1, -0.05) is 12.1 Å². The molecule has 1 fully saturated rings. The normalized spacial score (nSPS) is 14.3. The summed E-state index contributed by atoms with van der Waals surface area (Å²) in [5.74, 6) is -0.137. The number of ether oxygens (including phenoxy) is 1. The highest BCUT2D eigenvalue weighted by Crippen LogP contribution is 2.21. The van der Waals surface area contributed by atoms with Crippen LogP contribution < -0.4 is 4.90 Å².